The van der Waals surface area contributed by atoms with Gasteiger partial charge in [0.25, 0.3) is 0 Å². The van der Waals surface area contributed by atoms with Crippen LogP contribution in [-0.2, 0) is 9.53 Å². The average molecular weight is 275 g/mol. The summed E-state index contributed by atoms with van der Waals surface area (Å²) in [6.07, 6.45) is 5.27. The number of ether oxygens (including phenoxy) is 1. The predicted octanol–water partition coefficient (Wildman–Crippen LogP) is 2.71. The van der Waals surface area contributed by atoms with E-state index in [-0.39, 0.29) is 0 Å². The molecule has 4 nitrogen and oxygen atoms in total. The highest BCUT2D eigenvalue weighted by Crippen LogP contribution is 2.25. The number of aryl methyl sites for hydroxylation is 1. The summed E-state index contributed by atoms with van der Waals surface area (Å²) in [5.74, 6) is -0.923. The summed E-state index contributed by atoms with van der Waals surface area (Å²) in [6, 6.07) is 6.06. The lowest BCUT2D eigenvalue weighted by atomic mass is 10.0. The van der Waals surface area contributed by atoms with Gasteiger partial charge in [-0.05, 0) is 49.1 Å². The third-order valence-corrected chi connectivity index (χ3v) is 3.76. The number of carbonyl (C=O) groups is 1. The Bertz CT molecular complexity index is 502. The summed E-state index contributed by atoms with van der Waals surface area (Å²) in [7, 11) is 1.77. The first-order valence-corrected chi connectivity index (χ1v) is 6.89. The Kier molecular flexibility index (Phi) is 4.79. The number of piperidine rings is 1. The molecule has 1 heterocycles. The fourth-order valence-corrected chi connectivity index (χ4v) is 2.64. The van der Waals surface area contributed by atoms with Crippen molar-refractivity contribution in [3.8, 4) is 0 Å². The molecule has 1 aromatic rings. The first-order chi connectivity index (χ1) is 9.60. The van der Waals surface area contributed by atoms with Crippen molar-refractivity contribution in [1.29, 1.82) is 0 Å². The molecule has 108 valence electrons. The van der Waals surface area contributed by atoms with Crippen LogP contribution in [-0.4, -0.2) is 37.4 Å². The van der Waals surface area contributed by atoms with Gasteiger partial charge in [0.15, 0.2) is 0 Å². The van der Waals surface area contributed by atoms with E-state index in [9.17, 15) is 4.79 Å². The maximum Gasteiger partial charge on any atom is 0.328 e. The number of carboxylic acid groups (broad SMARTS) is 1. The lowest BCUT2D eigenvalue weighted by molar-refractivity contribution is -0.131. The van der Waals surface area contributed by atoms with Crippen molar-refractivity contribution < 1.29 is 14.6 Å². The van der Waals surface area contributed by atoms with Gasteiger partial charge in [-0.2, -0.15) is 0 Å². The van der Waals surface area contributed by atoms with Gasteiger partial charge < -0.3 is 14.7 Å². The van der Waals surface area contributed by atoms with Crippen molar-refractivity contribution in [1.82, 2.24) is 0 Å². The molecule has 1 aliphatic heterocycles. The third kappa shape index (κ3) is 3.61. The normalized spacial score (nSPS) is 16.8. The van der Waals surface area contributed by atoms with Crippen molar-refractivity contribution in [3.63, 3.8) is 0 Å². The molecule has 1 aromatic carbocycles. The second-order valence-electron chi connectivity index (χ2n) is 5.14. The van der Waals surface area contributed by atoms with E-state index in [2.05, 4.69) is 17.9 Å². The predicted molar refractivity (Wildman–Crippen MR) is 80.1 cm³/mol. The van der Waals surface area contributed by atoms with Gasteiger partial charge in [0, 0.05) is 32.0 Å². The minimum Gasteiger partial charge on any atom is -0.478 e. The highest BCUT2D eigenvalue weighted by molar-refractivity contribution is 5.85. The molecule has 0 unspecified atom stereocenters. The quantitative estimate of drug-likeness (QED) is 0.858. The maximum absolute atomic E-state index is 10.5. The van der Waals surface area contributed by atoms with Crippen LogP contribution in [0, 0.1) is 6.92 Å². The molecule has 20 heavy (non-hydrogen) atoms. The van der Waals surface area contributed by atoms with E-state index in [0.717, 1.165) is 31.5 Å². The summed E-state index contributed by atoms with van der Waals surface area (Å²) in [4.78, 5) is 12.9. The standard InChI is InChI=1S/C16H21NO3/c1-12-11-13(4-6-16(18)19)3-5-15(12)17-9-7-14(20-2)8-10-17/h3-6,11,14H,7-10H2,1-2H3,(H,18,19). The maximum atomic E-state index is 10.5. The fraction of sp³-hybridized carbons (Fsp3) is 0.438. The summed E-state index contributed by atoms with van der Waals surface area (Å²) >= 11 is 0. The minimum atomic E-state index is -0.923. The van der Waals surface area contributed by atoms with Gasteiger partial charge in [-0.15, -0.1) is 0 Å². The van der Waals surface area contributed by atoms with Crippen LogP contribution in [0.1, 0.15) is 24.0 Å². The zero-order chi connectivity index (χ0) is 14.5. The third-order valence-electron chi connectivity index (χ3n) is 3.76. The molecule has 1 saturated heterocycles. The molecule has 0 amide bonds. The number of anilines is 1. The molecule has 2 rings (SSSR count). The zero-order valence-electron chi connectivity index (χ0n) is 12.0. The number of hydrogen-bond donors (Lipinski definition) is 1. The van der Waals surface area contributed by atoms with Gasteiger partial charge in [0.1, 0.15) is 0 Å². The van der Waals surface area contributed by atoms with Crippen LogP contribution < -0.4 is 4.90 Å². The highest BCUT2D eigenvalue weighted by atomic mass is 16.5. The van der Waals surface area contributed by atoms with E-state index in [1.165, 1.54) is 17.3 Å². The molecule has 1 aliphatic rings. The SMILES string of the molecule is COC1CCN(c2ccc(C=CC(=O)O)cc2C)CC1. The zero-order valence-corrected chi connectivity index (χ0v) is 12.0. The van der Waals surface area contributed by atoms with Crippen LogP contribution in [0.3, 0.4) is 0 Å². The molecular weight excluding hydrogens is 254 g/mol. The Morgan fingerprint density at radius 1 is 1.40 bits per heavy atom. The number of carboxylic acids is 1. The van der Waals surface area contributed by atoms with Crippen LogP contribution in [0.4, 0.5) is 5.69 Å². The number of methoxy groups -OCH3 is 1. The monoisotopic (exact) mass is 275 g/mol. The molecule has 4 heteroatoms. The first kappa shape index (κ1) is 14.6. The molecule has 1 fully saturated rings. The smallest absolute Gasteiger partial charge is 0.328 e. The Morgan fingerprint density at radius 3 is 2.65 bits per heavy atom. The Labute approximate surface area is 119 Å². The van der Waals surface area contributed by atoms with Crippen molar-refractivity contribution in [3.05, 3.63) is 35.4 Å². The molecule has 0 aromatic heterocycles. The second-order valence-corrected chi connectivity index (χ2v) is 5.14. The van der Waals surface area contributed by atoms with Crippen molar-refractivity contribution in [2.45, 2.75) is 25.9 Å². The van der Waals surface area contributed by atoms with Crippen LogP contribution in [0.5, 0.6) is 0 Å². The van der Waals surface area contributed by atoms with Crippen molar-refractivity contribution >= 4 is 17.7 Å². The summed E-state index contributed by atoms with van der Waals surface area (Å²) in [5.41, 5.74) is 3.32. The molecule has 0 radical (unpaired) electrons. The van der Waals surface area contributed by atoms with Crippen LogP contribution in [0.2, 0.25) is 0 Å². The number of nitrogens with zero attached hydrogens (tertiary/aromatic N) is 1. The van der Waals surface area contributed by atoms with E-state index >= 15 is 0 Å². The van der Waals surface area contributed by atoms with Crippen LogP contribution in [0.15, 0.2) is 24.3 Å². The average Bonchev–Trinajstić information content (AvgIpc) is 2.45. The van der Waals surface area contributed by atoms with Gasteiger partial charge >= 0.3 is 5.97 Å². The molecule has 0 atom stereocenters. The van der Waals surface area contributed by atoms with Crippen LogP contribution >= 0.6 is 0 Å². The van der Waals surface area contributed by atoms with E-state index in [0.29, 0.717) is 6.10 Å². The largest absolute Gasteiger partial charge is 0.478 e. The van der Waals surface area contributed by atoms with Crippen molar-refractivity contribution in [2.24, 2.45) is 0 Å². The number of hydrogen-bond acceptors (Lipinski definition) is 3. The molecule has 0 spiro atoms. The fourth-order valence-electron chi connectivity index (χ4n) is 2.64. The van der Waals surface area contributed by atoms with Crippen LogP contribution in [0.25, 0.3) is 6.08 Å². The lowest BCUT2D eigenvalue weighted by Gasteiger charge is -2.34. The molecule has 1 N–H and O–H groups in total. The van der Waals surface area contributed by atoms with E-state index in [1.807, 2.05) is 12.1 Å². The van der Waals surface area contributed by atoms with Gasteiger partial charge in [0.05, 0.1) is 6.10 Å². The van der Waals surface area contributed by atoms with Gasteiger partial charge in [0.2, 0.25) is 0 Å². The highest BCUT2D eigenvalue weighted by Gasteiger charge is 2.19. The van der Waals surface area contributed by atoms with E-state index in [1.54, 1.807) is 13.2 Å². The number of benzene rings is 1. The lowest BCUT2D eigenvalue weighted by Crippen LogP contribution is -2.36. The second kappa shape index (κ2) is 6.57. The number of rotatable bonds is 4. The van der Waals surface area contributed by atoms with Gasteiger partial charge in [-0.3, -0.25) is 0 Å². The topological polar surface area (TPSA) is 49.8 Å². The van der Waals surface area contributed by atoms with E-state index in [4.69, 9.17) is 9.84 Å². The molecule has 0 saturated carbocycles. The molecule has 0 aliphatic carbocycles. The molecule has 0 bridgehead atoms. The first-order valence-electron chi connectivity index (χ1n) is 6.89. The van der Waals surface area contributed by atoms with Gasteiger partial charge in [-0.25, -0.2) is 4.79 Å². The summed E-state index contributed by atoms with van der Waals surface area (Å²) < 4.78 is 5.39. The Hall–Kier alpha value is -1.81. The summed E-state index contributed by atoms with van der Waals surface area (Å²) in [5, 5.41) is 8.64. The molecular formula is C16H21NO3. The Balaban J connectivity index is 2.08. The number of aliphatic carboxylic acids is 1. The van der Waals surface area contributed by atoms with Gasteiger partial charge in [-0.1, -0.05) is 6.07 Å². The van der Waals surface area contributed by atoms with E-state index < -0.39 is 5.97 Å². The van der Waals surface area contributed by atoms with Crippen molar-refractivity contribution in [2.75, 3.05) is 25.1 Å². The minimum absolute atomic E-state index is 0.379. The Morgan fingerprint density at radius 2 is 2.10 bits per heavy atom. The summed E-state index contributed by atoms with van der Waals surface area (Å²) in [6.45, 7) is 4.07.